The van der Waals surface area contributed by atoms with Gasteiger partial charge in [-0.15, -0.1) is 0 Å². The highest BCUT2D eigenvalue weighted by Gasteiger charge is 2.78. The van der Waals surface area contributed by atoms with E-state index in [2.05, 4.69) is 25.7 Å². The van der Waals surface area contributed by atoms with Crippen molar-refractivity contribution >= 4 is 5.97 Å². The van der Waals surface area contributed by atoms with Crippen molar-refractivity contribution < 1.29 is 14.6 Å². The molecule has 1 N–H and O–H groups in total. The van der Waals surface area contributed by atoms with Crippen molar-refractivity contribution in [1.82, 2.24) is 4.90 Å². The van der Waals surface area contributed by atoms with Gasteiger partial charge in [0.2, 0.25) is 0 Å². The van der Waals surface area contributed by atoms with Crippen LogP contribution in [0.2, 0.25) is 0 Å². The minimum absolute atomic E-state index is 0.0606. The van der Waals surface area contributed by atoms with Gasteiger partial charge < -0.3 is 9.84 Å². The van der Waals surface area contributed by atoms with E-state index in [1.54, 1.807) is 0 Å². The Morgan fingerprint density at radius 1 is 1.26 bits per heavy atom. The number of nitrogens with zero attached hydrogens (tertiary/aromatic N) is 1. The van der Waals surface area contributed by atoms with Gasteiger partial charge in [0.05, 0.1) is 7.11 Å². The third kappa shape index (κ3) is 2.00. The summed E-state index contributed by atoms with van der Waals surface area (Å²) < 4.78 is 5.06. The monoisotopic (exact) mass is 375 g/mol. The van der Waals surface area contributed by atoms with E-state index in [0.717, 1.165) is 25.8 Å². The summed E-state index contributed by atoms with van der Waals surface area (Å²) in [5.74, 6) is 2.86. The van der Waals surface area contributed by atoms with Crippen LogP contribution >= 0.6 is 0 Å². The number of ether oxygens (including phenoxy) is 1. The Labute approximate surface area is 164 Å². The molecule has 0 aromatic heterocycles. The van der Waals surface area contributed by atoms with E-state index >= 15 is 0 Å². The first-order valence-electron chi connectivity index (χ1n) is 11.4. The van der Waals surface area contributed by atoms with Gasteiger partial charge in [-0.25, -0.2) is 0 Å². The number of aliphatic hydroxyl groups is 1. The van der Waals surface area contributed by atoms with E-state index < -0.39 is 5.72 Å². The summed E-state index contributed by atoms with van der Waals surface area (Å²) in [4.78, 5) is 14.8. The van der Waals surface area contributed by atoms with Crippen molar-refractivity contribution in [2.45, 2.75) is 83.9 Å². The van der Waals surface area contributed by atoms with Crippen molar-refractivity contribution in [3.8, 4) is 0 Å². The van der Waals surface area contributed by atoms with Crippen LogP contribution in [0.25, 0.3) is 0 Å². The number of carbonyl (C=O) groups excluding carboxylic acids is 1. The van der Waals surface area contributed by atoms with Crippen molar-refractivity contribution in [1.29, 1.82) is 0 Å². The zero-order valence-corrected chi connectivity index (χ0v) is 17.5. The molecule has 4 heteroatoms. The largest absolute Gasteiger partial charge is 0.469 e. The predicted octanol–water partition coefficient (Wildman–Crippen LogP) is 3.82. The van der Waals surface area contributed by atoms with Gasteiger partial charge in [0.1, 0.15) is 5.72 Å². The fourth-order valence-corrected chi connectivity index (χ4v) is 9.25. The van der Waals surface area contributed by atoms with Crippen molar-refractivity contribution in [3.63, 3.8) is 0 Å². The SMILES string of the molecule is COC(=O)CC[C@]12[C@@H]3CCC[C@@]4(O)[C@@H]3C[C@@H]3CN4[C@H]1[C@@H](C(C)C)CC[C@@]32C. The summed E-state index contributed by atoms with van der Waals surface area (Å²) in [5.41, 5.74) is -0.0923. The van der Waals surface area contributed by atoms with Crippen LogP contribution in [0.15, 0.2) is 0 Å². The Balaban J connectivity index is 1.67. The molecule has 152 valence electrons. The van der Waals surface area contributed by atoms with E-state index in [0.29, 0.717) is 47.5 Å². The number of methoxy groups -OCH3 is 1. The fourth-order valence-electron chi connectivity index (χ4n) is 9.25. The number of esters is 1. The van der Waals surface area contributed by atoms with Crippen LogP contribution in [0.5, 0.6) is 0 Å². The normalized spacial score (nSPS) is 55.0. The molecule has 3 aliphatic heterocycles. The van der Waals surface area contributed by atoms with Crippen LogP contribution < -0.4 is 0 Å². The summed E-state index contributed by atoms with van der Waals surface area (Å²) in [6.45, 7) is 8.37. The smallest absolute Gasteiger partial charge is 0.305 e. The fraction of sp³-hybridized carbons (Fsp3) is 0.957. The molecular weight excluding hydrogens is 338 g/mol. The molecule has 9 atom stereocenters. The molecule has 0 spiro atoms. The van der Waals surface area contributed by atoms with Gasteiger partial charge in [-0.1, -0.05) is 20.8 Å². The first-order chi connectivity index (χ1) is 12.8. The molecule has 6 fully saturated rings. The molecule has 3 heterocycles. The molecule has 8 bridgehead atoms. The molecule has 3 saturated carbocycles. The Morgan fingerprint density at radius 2 is 2.04 bits per heavy atom. The lowest BCUT2D eigenvalue weighted by Crippen LogP contribution is -2.86. The van der Waals surface area contributed by atoms with Gasteiger partial charge in [-0.2, -0.15) is 0 Å². The summed E-state index contributed by atoms with van der Waals surface area (Å²) >= 11 is 0. The second-order valence-electron chi connectivity index (χ2n) is 11.0. The van der Waals surface area contributed by atoms with Gasteiger partial charge >= 0.3 is 5.97 Å². The number of rotatable bonds is 4. The average Bonchev–Trinajstić information content (AvgIpc) is 2.62. The number of piperidine rings is 3. The van der Waals surface area contributed by atoms with Gasteiger partial charge in [-0.05, 0) is 79.4 Å². The first-order valence-corrected chi connectivity index (χ1v) is 11.4. The van der Waals surface area contributed by atoms with Crippen LogP contribution in [0, 0.1) is 40.4 Å². The maximum atomic E-state index is 12.2. The van der Waals surface area contributed by atoms with Crippen LogP contribution in [0.1, 0.15) is 72.1 Å². The lowest BCUT2D eigenvalue weighted by molar-refractivity contribution is -0.388. The molecule has 6 aliphatic rings. The standard InChI is InChI=1S/C23H37NO3/c1-14(2)16-7-10-21(3)15-12-18-17-6-5-9-23(18,26)24(13-15)20(16)22(17,21)11-8-19(25)27-4/h14-18,20,26H,5-13H2,1-4H3/t15-,16-,17-,18-,20+,21+,22+,23-/m1/s1. The molecule has 27 heavy (non-hydrogen) atoms. The lowest BCUT2D eigenvalue weighted by atomic mass is 9.31. The zero-order valence-electron chi connectivity index (χ0n) is 17.5. The van der Waals surface area contributed by atoms with Crippen molar-refractivity contribution in [3.05, 3.63) is 0 Å². The quantitative estimate of drug-likeness (QED) is 0.759. The van der Waals surface area contributed by atoms with Crippen molar-refractivity contribution in [2.75, 3.05) is 13.7 Å². The molecular formula is C23H37NO3. The Morgan fingerprint density at radius 3 is 2.74 bits per heavy atom. The van der Waals surface area contributed by atoms with Crippen LogP contribution in [-0.4, -0.2) is 41.4 Å². The molecule has 3 aliphatic carbocycles. The van der Waals surface area contributed by atoms with Gasteiger partial charge in [0.15, 0.2) is 0 Å². The van der Waals surface area contributed by atoms with Gasteiger partial charge in [-0.3, -0.25) is 9.69 Å². The highest BCUT2D eigenvalue weighted by atomic mass is 16.5. The molecule has 0 radical (unpaired) electrons. The summed E-state index contributed by atoms with van der Waals surface area (Å²) in [5, 5.41) is 11.9. The van der Waals surface area contributed by atoms with Crippen LogP contribution in [0.4, 0.5) is 0 Å². The molecule has 6 rings (SSSR count). The minimum Gasteiger partial charge on any atom is -0.469 e. The second kappa shape index (κ2) is 5.72. The van der Waals surface area contributed by atoms with E-state index in [4.69, 9.17) is 4.74 Å². The predicted molar refractivity (Wildman–Crippen MR) is 104 cm³/mol. The topological polar surface area (TPSA) is 49.8 Å². The Hall–Kier alpha value is -0.610. The lowest BCUT2D eigenvalue weighted by Gasteiger charge is -2.82. The number of hydrogen-bond donors (Lipinski definition) is 1. The molecule has 1 unspecified atom stereocenters. The van der Waals surface area contributed by atoms with Crippen LogP contribution in [-0.2, 0) is 9.53 Å². The van der Waals surface area contributed by atoms with Gasteiger partial charge in [0.25, 0.3) is 0 Å². The molecule has 0 aromatic carbocycles. The third-order valence-electron chi connectivity index (χ3n) is 10.3. The van der Waals surface area contributed by atoms with E-state index in [1.165, 1.54) is 32.8 Å². The maximum absolute atomic E-state index is 12.2. The molecule has 4 nitrogen and oxygen atoms in total. The summed E-state index contributed by atoms with van der Waals surface area (Å²) in [7, 11) is 1.52. The zero-order chi connectivity index (χ0) is 19.2. The summed E-state index contributed by atoms with van der Waals surface area (Å²) in [6.07, 6.45) is 8.59. The summed E-state index contributed by atoms with van der Waals surface area (Å²) in [6, 6.07) is 0.434. The molecule has 3 saturated heterocycles. The highest BCUT2D eigenvalue weighted by molar-refractivity contribution is 5.69. The highest BCUT2D eigenvalue weighted by Crippen LogP contribution is 2.78. The Bertz CT molecular complexity index is 650. The molecule has 0 aromatic rings. The maximum Gasteiger partial charge on any atom is 0.305 e. The average molecular weight is 376 g/mol. The Kier molecular flexibility index (Phi) is 3.90. The second-order valence-corrected chi connectivity index (χ2v) is 11.0. The number of carbonyl (C=O) groups is 1. The number of hydrogen-bond acceptors (Lipinski definition) is 4. The van der Waals surface area contributed by atoms with E-state index in [-0.39, 0.29) is 11.4 Å². The third-order valence-corrected chi connectivity index (χ3v) is 10.3. The minimum atomic E-state index is -0.579. The van der Waals surface area contributed by atoms with Gasteiger partial charge in [0, 0.05) is 24.9 Å². The van der Waals surface area contributed by atoms with E-state index in [1.807, 2.05) is 0 Å². The molecule has 0 amide bonds. The van der Waals surface area contributed by atoms with Crippen LogP contribution in [0.3, 0.4) is 0 Å². The van der Waals surface area contributed by atoms with E-state index in [9.17, 15) is 9.90 Å². The first kappa shape index (κ1) is 18.4. The van der Waals surface area contributed by atoms with Crippen molar-refractivity contribution in [2.24, 2.45) is 40.4 Å².